The van der Waals surface area contributed by atoms with Crippen LogP contribution in [0.25, 0.3) is 0 Å². The number of allylic oxidation sites excluding steroid dienone is 13. The number of hydrogen-bond acceptors (Lipinski definition) is 6. The lowest BCUT2D eigenvalue weighted by atomic mass is 10.0. The second-order valence-electron chi connectivity index (χ2n) is 22.7. The number of esters is 3. The Bertz CT molecular complexity index is 1500. The van der Waals surface area contributed by atoms with E-state index in [1.165, 1.54) is 225 Å². The van der Waals surface area contributed by atoms with Crippen molar-refractivity contribution in [2.24, 2.45) is 0 Å². The van der Waals surface area contributed by atoms with Crippen LogP contribution in [0.4, 0.5) is 0 Å². The maximum Gasteiger partial charge on any atom is 0.310 e. The van der Waals surface area contributed by atoms with E-state index in [2.05, 4.69) is 93.7 Å². The number of unbranched alkanes of at least 4 members (excludes halogenated alkanes) is 38. The molecule has 1 unspecified atom stereocenters. The van der Waals surface area contributed by atoms with Crippen LogP contribution in [0.15, 0.2) is 85.1 Å². The average Bonchev–Trinajstić information content (AvgIpc) is 3.45. The first-order chi connectivity index (χ1) is 39.0. The second-order valence-corrected chi connectivity index (χ2v) is 22.7. The molecule has 1 atom stereocenters. The van der Waals surface area contributed by atoms with Gasteiger partial charge in [0.15, 0.2) is 6.10 Å². The fourth-order valence-electron chi connectivity index (χ4n) is 9.85. The van der Waals surface area contributed by atoms with Crippen LogP contribution in [-0.2, 0) is 28.6 Å². The molecule has 0 amide bonds. The van der Waals surface area contributed by atoms with Crippen molar-refractivity contribution in [2.45, 2.75) is 348 Å². The van der Waals surface area contributed by atoms with E-state index in [1.807, 2.05) is 6.08 Å². The van der Waals surface area contributed by atoms with Crippen LogP contribution in [0.5, 0.6) is 0 Å². The molecule has 0 fully saturated rings. The third-order valence-corrected chi connectivity index (χ3v) is 14.9. The first-order valence-electron chi connectivity index (χ1n) is 34.1. The molecule has 0 saturated heterocycles. The van der Waals surface area contributed by atoms with Crippen molar-refractivity contribution in [1.82, 2.24) is 0 Å². The average molecular weight is 1100 g/mol. The molecule has 0 heterocycles. The number of carbonyl (C=O) groups excluding carboxylic acids is 3. The molecule has 0 bridgehead atoms. The SMILES string of the molecule is CC/C=C\C/C=C\C/C=C\C/C=C\C/C=C\CC(=O)OC(COC(=O)CCCCCCCCCCCCCCC)COC(=O)CCCCCCCCCCCCCCCCCCCCCCC/C=C\C/C=C\CCCCCCC. The van der Waals surface area contributed by atoms with Crippen molar-refractivity contribution < 1.29 is 28.6 Å². The monoisotopic (exact) mass is 1100 g/mol. The second kappa shape index (κ2) is 67.1. The van der Waals surface area contributed by atoms with E-state index in [9.17, 15) is 14.4 Å². The smallest absolute Gasteiger partial charge is 0.310 e. The van der Waals surface area contributed by atoms with Crippen LogP contribution >= 0.6 is 0 Å². The van der Waals surface area contributed by atoms with Crippen molar-refractivity contribution in [3.63, 3.8) is 0 Å². The third kappa shape index (κ3) is 65.3. The molecule has 0 aliphatic heterocycles. The van der Waals surface area contributed by atoms with Gasteiger partial charge < -0.3 is 14.2 Å². The van der Waals surface area contributed by atoms with Crippen LogP contribution in [0.3, 0.4) is 0 Å². The van der Waals surface area contributed by atoms with Gasteiger partial charge in [-0.15, -0.1) is 0 Å². The highest BCUT2D eigenvalue weighted by Gasteiger charge is 2.19. The minimum absolute atomic E-state index is 0.0999. The van der Waals surface area contributed by atoms with Crippen molar-refractivity contribution >= 4 is 17.9 Å². The van der Waals surface area contributed by atoms with Crippen molar-refractivity contribution in [3.05, 3.63) is 85.1 Å². The number of rotatable bonds is 62. The molecule has 0 saturated carbocycles. The summed E-state index contributed by atoms with van der Waals surface area (Å²) in [5, 5.41) is 0. The predicted octanol–water partition coefficient (Wildman–Crippen LogP) is 23.4. The minimum Gasteiger partial charge on any atom is -0.462 e. The third-order valence-electron chi connectivity index (χ3n) is 14.9. The van der Waals surface area contributed by atoms with Crippen molar-refractivity contribution in [3.8, 4) is 0 Å². The van der Waals surface area contributed by atoms with E-state index in [1.54, 1.807) is 6.08 Å². The van der Waals surface area contributed by atoms with E-state index >= 15 is 0 Å². The van der Waals surface area contributed by atoms with Gasteiger partial charge in [0.25, 0.3) is 0 Å². The molecule has 0 aromatic rings. The Hall–Kier alpha value is -3.41. The molecule has 0 radical (unpaired) electrons. The highest BCUT2D eigenvalue weighted by molar-refractivity contribution is 5.72. The van der Waals surface area contributed by atoms with Gasteiger partial charge >= 0.3 is 17.9 Å². The van der Waals surface area contributed by atoms with Gasteiger partial charge in [-0.25, -0.2) is 0 Å². The van der Waals surface area contributed by atoms with Gasteiger partial charge in [-0.3, -0.25) is 14.4 Å². The molecular weight excluding hydrogens is 973 g/mol. The van der Waals surface area contributed by atoms with Crippen LogP contribution in [0, 0.1) is 0 Å². The Balaban J connectivity index is 4.16. The summed E-state index contributed by atoms with van der Waals surface area (Å²) in [6.07, 6.45) is 89.4. The molecule has 0 spiro atoms. The van der Waals surface area contributed by atoms with E-state index in [-0.39, 0.29) is 31.6 Å². The lowest BCUT2D eigenvalue weighted by Crippen LogP contribution is -2.30. The summed E-state index contributed by atoms with van der Waals surface area (Å²) in [7, 11) is 0. The van der Waals surface area contributed by atoms with E-state index in [0.717, 1.165) is 77.0 Å². The van der Waals surface area contributed by atoms with E-state index in [0.29, 0.717) is 12.8 Å². The first kappa shape index (κ1) is 75.6. The Morgan fingerprint density at radius 3 is 0.835 bits per heavy atom. The normalized spacial score (nSPS) is 12.6. The van der Waals surface area contributed by atoms with Crippen LogP contribution in [0.1, 0.15) is 342 Å². The first-order valence-corrected chi connectivity index (χ1v) is 34.1. The molecule has 0 rings (SSSR count). The zero-order valence-corrected chi connectivity index (χ0v) is 52.4. The summed E-state index contributed by atoms with van der Waals surface area (Å²) in [4.78, 5) is 38.2. The Morgan fingerprint density at radius 2 is 0.532 bits per heavy atom. The topological polar surface area (TPSA) is 78.9 Å². The van der Waals surface area contributed by atoms with E-state index < -0.39 is 12.1 Å². The predicted molar refractivity (Wildman–Crippen MR) is 344 cm³/mol. The lowest BCUT2D eigenvalue weighted by molar-refractivity contribution is -0.166. The molecule has 6 nitrogen and oxygen atoms in total. The summed E-state index contributed by atoms with van der Waals surface area (Å²) >= 11 is 0. The number of hydrogen-bond donors (Lipinski definition) is 0. The van der Waals surface area contributed by atoms with Crippen molar-refractivity contribution in [1.29, 1.82) is 0 Å². The van der Waals surface area contributed by atoms with Gasteiger partial charge in [0.1, 0.15) is 13.2 Å². The highest BCUT2D eigenvalue weighted by Crippen LogP contribution is 2.18. The van der Waals surface area contributed by atoms with Gasteiger partial charge in [-0.2, -0.15) is 0 Å². The zero-order chi connectivity index (χ0) is 57.1. The van der Waals surface area contributed by atoms with Crippen LogP contribution in [0.2, 0.25) is 0 Å². The van der Waals surface area contributed by atoms with Gasteiger partial charge in [0.2, 0.25) is 0 Å². The summed E-state index contributed by atoms with van der Waals surface area (Å²) in [6.45, 7) is 6.47. The molecule has 79 heavy (non-hydrogen) atoms. The zero-order valence-electron chi connectivity index (χ0n) is 52.4. The molecule has 0 aliphatic carbocycles. The molecule has 0 aliphatic rings. The Morgan fingerprint density at radius 1 is 0.278 bits per heavy atom. The lowest BCUT2D eigenvalue weighted by Gasteiger charge is -2.18. The Labute approximate surface area is 490 Å². The summed E-state index contributed by atoms with van der Waals surface area (Å²) < 4.78 is 16.8. The maximum atomic E-state index is 12.8. The number of ether oxygens (including phenoxy) is 3. The highest BCUT2D eigenvalue weighted by atomic mass is 16.6. The largest absolute Gasteiger partial charge is 0.462 e. The van der Waals surface area contributed by atoms with Gasteiger partial charge in [0.05, 0.1) is 6.42 Å². The summed E-state index contributed by atoms with van der Waals surface area (Å²) in [5.41, 5.74) is 0. The minimum atomic E-state index is -0.828. The Kier molecular flexibility index (Phi) is 64.2. The fraction of sp³-hybridized carbons (Fsp3) is 0.767. The quantitative estimate of drug-likeness (QED) is 0.0261. The standard InChI is InChI=1S/C73H128O6/c1-4-7-10-13-16-19-22-25-27-28-29-30-31-32-33-34-35-36-37-38-39-40-41-42-43-44-46-48-51-54-57-60-63-66-72(75)78-69-70(68-77-71(74)65-62-59-56-53-50-47-24-21-18-15-12-9-6-3)79-73(76)67-64-61-58-55-52-49-45-26-23-20-17-14-11-8-5-2/h8,11,17,20,22,25-26,28-29,45,52,55,61,64,70H,4-7,9-10,12-16,18-19,21,23-24,27,30-44,46-51,53-54,56-60,62-63,65-69H2,1-3H3/b11-8-,20-17-,25-22-,29-28-,45-26-,55-52-,64-61-. The molecule has 6 heteroatoms. The van der Waals surface area contributed by atoms with E-state index in [4.69, 9.17) is 14.2 Å². The molecule has 0 N–H and O–H groups in total. The molecule has 0 aromatic carbocycles. The molecular formula is C73H128O6. The number of carbonyl (C=O) groups is 3. The van der Waals surface area contributed by atoms with Crippen LogP contribution in [-0.4, -0.2) is 37.2 Å². The van der Waals surface area contributed by atoms with Crippen molar-refractivity contribution in [2.75, 3.05) is 13.2 Å². The van der Waals surface area contributed by atoms with Gasteiger partial charge in [0, 0.05) is 12.8 Å². The maximum absolute atomic E-state index is 12.8. The fourth-order valence-corrected chi connectivity index (χ4v) is 9.85. The summed E-state index contributed by atoms with van der Waals surface area (Å²) in [6, 6.07) is 0. The molecule has 456 valence electrons. The van der Waals surface area contributed by atoms with Gasteiger partial charge in [-0.05, 0) is 77.0 Å². The molecule has 0 aromatic heterocycles. The van der Waals surface area contributed by atoms with Crippen LogP contribution < -0.4 is 0 Å². The summed E-state index contributed by atoms with van der Waals surface area (Å²) in [5.74, 6) is -1.03. The van der Waals surface area contributed by atoms with Gasteiger partial charge in [-0.1, -0.05) is 331 Å².